The highest BCUT2D eigenvalue weighted by Gasteiger charge is 2.17. The van der Waals surface area contributed by atoms with Crippen molar-refractivity contribution < 1.29 is 9.53 Å². The van der Waals surface area contributed by atoms with Crippen LogP contribution in [0, 0.1) is 6.92 Å². The van der Waals surface area contributed by atoms with Crippen LogP contribution >= 0.6 is 11.6 Å². The van der Waals surface area contributed by atoms with E-state index in [2.05, 4.69) is 4.98 Å². The zero-order chi connectivity index (χ0) is 15.4. The molecule has 0 N–H and O–H groups in total. The Labute approximate surface area is 129 Å². The molecule has 0 bridgehead atoms. The van der Waals surface area contributed by atoms with Crippen molar-refractivity contribution >= 4 is 17.5 Å². The van der Waals surface area contributed by atoms with Crippen molar-refractivity contribution in [2.75, 3.05) is 14.2 Å². The summed E-state index contributed by atoms with van der Waals surface area (Å²) in [6.45, 7) is 2.27. The van der Waals surface area contributed by atoms with E-state index >= 15 is 0 Å². The van der Waals surface area contributed by atoms with E-state index in [0.29, 0.717) is 17.1 Å². The number of aryl methyl sites for hydroxylation is 1. The largest absolute Gasteiger partial charge is 0.496 e. The summed E-state index contributed by atoms with van der Waals surface area (Å²) in [7, 11) is 3.34. The molecule has 1 aromatic heterocycles. The molecule has 21 heavy (non-hydrogen) atoms. The lowest BCUT2D eigenvalue weighted by atomic mass is 10.1. The molecule has 2 aromatic rings. The Morgan fingerprint density at radius 3 is 2.76 bits per heavy atom. The first-order valence-corrected chi connectivity index (χ1v) is 6.90. The predicted octanol–water partition coefficient (Wildman–Crippen LogP) is 3.32. The summed E-state index contributed by atoms with van der Waals surface area (Å²) >= 11 is 6.12. The molecule has 0 saturated carbocycles. The van der Waals surface area contributed by atoms with Gasteiger partial charge >= 0.3 is 0 Å². The van der Waals surface area contributed by atoms with Crippen LogP contribution in [0.25, 0.3) is 0 Å². The number of para-hydroxylation sites is 1. The number of aromatic nitrogens is 1. The minimum Gasteiger partial charge on any atom is -0.496 e. The molecule has 0 aliphatic rings. The Balaban J connectivity index is 2.19. The molecule has 110 valence electrons. The molecule has 0 atom stereocenters. The van der Waals surface area contributed by atoms with Gasteiger partial charge < -0.3 is 9.64 Å². The molecule has 0 fully saturated rings. The fraction of sp³-hybridized carbons (Fsp3) is 0.250. The summed E-state index contributed by atoms with van der Waals surface area (Å²) in [6, 6.07) is 9.29. The monoisotopic (exact) mass is 304 g/mol. The van der Waals surface area contributed by atoms with Gasteiger partial charge in [-0.05, 0) is 19.1 Å². The summed E-state index contributed by atoms with van der Waals surface area (Å²) in [4.78, 5) is 18.2. The van der Waals surface area contributed by atoms with E-state index < -0.39 is 0 Å². The number of carbonyl (C=O) groups is 1. The Hall–Kier alpha value is -2.07. The predicted molar refractivity (Wildman–Crippen MR) is 82.8 cm³/mol. The lowest BCUT2D eigenvalue weighted by Crippen LogP contribution is -2.26. The van der Waals surface area contributed by atoms with Gasteiger partial charge in [0, 0.05) is 31.0 Å². The summed E-state index contributed by atoms with van der Waals surface area (Å²) in [5.74, 6) is 0.587. The van der Waals surface area contributed by atoms with Crippen LogP contribution in [-0.2, 0) is 6.54 Å². The maximum atomic E-state index is 12.4. The molecule has 1 amide bonds. The number of hydrogen-bond donors (Lipinski definition) is 0. The molecule has 4 nitrogen and oxygen atoms in total. The van der Waals surface area contributed by atoms with Gasteiger partial charge in [0.2, 0.25) is 0 Å². The molecule has 0 radical (unpaired) electrons. The van der Waals surface area contributed by atoms with Crippen molar-refractivity contribution in [2.45, 2.75) is 13.5 Å². The molecule has 0 spiro atoms. The van der Waals surface area contributed by atoms with Gasteiger partial charge in [0.15, 0.2) is 0 Å². The first kappa shape index (κ1) is 15.3. The maximum Gasteiger partial charge on any atom is 0.256 e. The van der Waals surface area contributed by atoms with Crippen LogP contribution < -0.4 is 4.74 Å². The standard InChI is InChI=1S/C16H17ClN2O2/c1-11-8-14(17)13(9-18-11)16(20)19(2)10-12-6-4-5-7-15(12)21-3/h4-9H,10H2,1-3H3. The highest BCUT2D eigenvalue weighted by atomic mass is 35.5. The first-order valence-electron chi connectivity index (χ1n) is 6.52. The number of nitrogens with zero attached hydrogens (tertiary/aromatic N) is 2. The smallest absolute Gasteiger partial charge is 0.256 e. The van der Waals surface area contributed by atoms with Crippen molar-refractivity contribution in [1.29, 1.82) is 0 Å². The quantitative estimate of drug-likeness (QED) is 0.870. The average Bonchev–Trinajstić information content (AvgIpc) is 2.47. The van der Waals surface area contributed by atoms with Crippen molar-refractivity contribution in [3.05, 3.63) is 58.4 Å². The molecule has 0 unspecified atom stereocenters. The van der Waals surface area contributed by atoms with E-state index in [1.54, 1.807) is 25.1 Å². The Kier molecular flexibility index (Phi) is 4.81. The lowest BCUT2D eigenvalue weighted by Gasteiger charge is -2.19. The average molecular weight is 305 g/mol. The van der Waals surface area contributed by atoms with E-state index in [1.165, 1.54) is 6.20 Å². The van der Waals surface area contributed by atoms with E-state index in [4.69, 9.17) is 16.3 Å². The van der Waals surface area contributed by atoms with Crippen molar-refractivity contribution in [3.63, 3.8) is 0 Å². The molecule has 1 heterocycles. The van der Waals surface area contributed by atoms with Gasteiger partial charge in [0.05, 0.1) is 17.7 Å². The molecule has 2 rings (SSSR count). The molecular formula is C16H17ClN2O2. The van der Waals surface area contributed by atoms with E-state index in [-0.39, 0.29) is 5.91 Å². The van der Waals surface area contributed by atoms with Gasteiger partial charge in [0.25, 0.3) is 5.91 Å². The van der Waals surface area contributed by atoms with Gasteiger partial charge in [-0.25, -0.2) is 0 Å². The van der Waals surface area contributed by atoms with E-state index in [9.17, 15) is 4.79 Å². The summed E-state index contributed by atoms with van der Waals surface area (Å²) < 4.78 is 5.29. The SMILES string of the molecule is COc1ccccc1CN(C)C(=O)c1cnc(C)cc1Cl. The van der Waals surface area contributed by atoms with Crippen LogP contribution in [0.4, 0.5) is 0 Å². The van der Waals surface area contributed by atoms with Crippen LogP contribution in [0.2, 0.25) is 5.02 Å². The minimum absolute atomic E-state index is 0.168. The van der Waals surface area contributed by atoms with Gasteiger partial charge in [-0.2, -0.15) is 0 Å². The second-order valence-electron chi connectivity index (χ2n) is 4.78. The number of pyridine rings is 1. The van der Waals surface area contributed by atoms with E-state index in [1.807, 2.05) is 31.2 Å². The van der Waals surface area contributed by atoms with Gasteiger partial charge in [-0.15, -0.1) is 0 Å². The number of hydrogen-bond acceptors (Lipinski definition) is 3. The number of benzene rings is 1. The lowest BCUT2D eigenvalue weighted by molar-refractivity contribution is 0.0784. The molecule has 5 heteroatoms. The summed E-state index contributed by atoms with van der Waals surface area (Å²) in [5, 5.41) is 0.416. The zero-order valence-electron chi connectivity index (χ0n) is 12.3. The minimum atomic E-state index is -0.168. The summed E-state index contributed by atoms with van der Waals surface area (Å²) in [5.41, 5.74) is 2.12. The second kappa shape index (κ2) is 6.59. The topological polar surface area (TPSA) is 42.4 Å². The number of halogens is 1. The van der Waals surface area contributed by atoms with Crippen molar-refractivity contribution in [1.82, 2.24) is 9.88 Å². The van der Waals surface area contributed by atoms with Crippen molar-refractivity contribution in [2.24, 2.45) is 0 Å². The third-order valence-corrected chi connectivity index (χ3v) is 3.48. The fourth-order valence-corrected chi connectivity index (χ4v) is 2.34. The molecule has 0 aliphatic heterocycles. The fourth-order valence-electron chi connectivity index (χ4n) is 2.05. The number of rotatable bonds is 4. The van der Waals surface area contributed by atoms with Crippen molar-refractivity contribution in [3.8, 4) is 5.75 Å². The van der Waals surface area contributed by atoms with E-state index in [0.717, 1.165) is 17.0 Å². The zero-order valence-corrected chi connectivity index (χ0v) is 13.0. The molecule has 0 saturated heterocycles. The highest BCUT2D eigenvalue weighted by molar-refractivity contribution is 6.33. The number of methoxy groups -OCH3 is 1. The normalized spacial score (nSPS) is 10.3. The van der Waals surface area contributed by atoms with Gasteiger partial charge in [0.1, 0.15) is 5.75 Å². The molecule has 0 aliphatic carbocycles. The first-order chi connectivity index (χ1) is 10.0. The molecule has 1 aromatic carbocycles. The second-order valence-corrected chi connectivity index (χ2v) is 5.19. The number of ether oxygens (including phenoxy) is 1. The third kappa shape index (κ3) is 3.52. The van der Waals surface area contributed by atoms with Crippen LogP contribution in [0.1, 0.15) is 21.6 Å². The van der Waals surface area contributed by atoms with Crippen LogP contribution in [-0.4, -0.2) is 29.9 Å². The number of amides is 1. The summed E-state index contributed by atoms with van der Waals surface area (Å²) in [6.07, 6.45) is 1.51. The van der Waals surface area contributed by atoms with Gasteiger partial charge in [-0.1, -0.05) is 29.8 Å². The maximum absolute atomic E-state index is 12.4. The highest BCUT2D eigenvalue weighted by Crippen LogP contribution is 2.21. The third-order valence-electron chi connectivity index (χ3n) is 3.17. The Morgan fingerprint density at radius 2 is 2.10 bits per heavy atom. The van der Waals surface area contributed by atoms with Gasteiger partial charge in [-0.3, -0.25) is 9.78 Å². The van der Waals surface area contributed by atoms with Crippen LogP contribution in [0.3, 0.4) is 0 Å². The van der Waals surface area contributed by atoms with Crippen LogP contribution in [0.5, 0.6) is 5.75 Å². The number of carbonyl (C=O) groups excluding carboxylic acids is 1. The van der Waals surface area contributed by atoms with Crippen LogP contribution in [0.15, 0.2) is 36.5 Å². The Bertz CT molecular complexity index is 658. The molecular weight excluding hydrogens is 288 g/mol. The Morgan fingerprint density at radius 1 is 1.38 bits per heavy atom.